The molecule has 3 unspecified atom stereocenters. The van der Waals surface area contributed by atoms with E-state index in [9.17, 15) is 0 Å². The predicted molar refractivity (Wildman–Crippen MR) is 78.2 cm³/mol. The van der Waals surface area contributed by atoms with Crippen LogP contribution >= 0.6 is 37.6 Å². The molecular formula is C8H20P4. The van der Waals surface area contributed by atoms with Crippen molar-refractivity contribution in [3.8, 4) is 0 Å². The minimum Gasteiger partial charge on any atom is -0.153 e. The summed E-state index contributed by atoms with van der Waals surface area (Å²) in [6.45, 7) is 4.54. The van der Waals surface area contributed by atoms with Gasteiger partial charge in [-0.3, -0.25) is 0 Å². The lowest BCUT2D eigenvalue weighted by Gasteiger charge is -2.02. The molecule has 0 aliphatic carbocycles. The topological polar surface area (TPSA) is 0 Å². The van der Waals surface area contributed by atoms with E-state index in [1.165, 1.54) is 5.30 Å². The number of hydrogen-bond donors (Lipinski definition) is 0. The van der Waals surface area contributed by atoms with Crippen LogP contribution in [-0.2, 0) is 0 Å². The third kappa shape index (κ3) is 6.46. The van der Waals surface area contributed by atoms with Crippen molar-refractivity contribution in [1.29, 1.82) is 0 Å². The fourth-order valence-electron chi connectivity index (χ4n) is 0.726. The van der Waals surface area contributed by atoms with Gasteiger partial charge in [-0.15, -0.1) is 0 Å². The SMILES string of the molecule is CP(C)c1ccccc1.P.P.P. The van der Waals surface area contributed by atoms with Crippen LogP contribution in [0.1, 0.15) is 0 Å². The Bertz CT molecular complexity index is 174. The highest BCUT2D eigenvalue weighted by Crippen LogP contribution is 2.22. The van der Waals surface area contributed by atoms with E-state index in [4.69, 9.17) is 0 Å². The third-order valence-electron chi connectivity index (χ3n) is 1.27. The van der Waals surface area contributed by atoms with Gasteiger partial charge in [0.1, 0.15) is 0 Å². The molecule has 0 radical (unpaired) electrons. The van der Waals surface area contributed by atoms with Gasteiger partial charge in [0, 0.05) is 0 Å². The quantitative estimate of drug-likeness (QED) is 0.660. The van der Waals surface area contributed by atoms with Crippen molar-refractivity contribution >= 4 is 42.9 Å². The molecule has 0 N–H and O–H groups in total. The molecule has 0 aliphatic rings. The lowest BCUT2D eigenvalue weighted by Crippen LogP contribution is -1.95. The van der Waals surface area contributed by atoms with Gasteiger partial charge in [0.25, 0.3) is 0 Å². The molecule has 3 atom stereocenters. The van der Waals surface area contributed by atoms with Crippen LogP contribution < -0.4 is 5.30 Å². The molecule has 12 heavy (non-hydrogen) atoms. The smallest absolute Gasteiger partial charge is 0.0246 e. The second kappa shape index (κ2) is 10.0. The molecule has 0 bridgehead atoms. The molecule has 72 valence electrons. The van der Waals surface area contributed by atoms with Crippen molar-refractivity contribution in [3.63, 3.8) is 0 Å². The summed E-state index contributed by atoms with van der Waals surface area (Å²) in [4.78, 5) is 0. The molecule has 1 aromatic carbocycles. The lowest BCUT2D eigenvalue weighted by molar-refractivity contribution is 1.77. The van der Waals surface area contributed by atoms with Crippen molar-refractivity contribution in [3.05, 3.63) is 30.3 Å². The molecule has 0 spiro atoms. The lowest BCUT2D eigenvalue weighted by atomic mass is 10.4. The zero-order valence-electron chi connectivity index (χ0n) is 7.96. The molecule has 0 aliphatic heterocycles. The summed E-state index contributed by atoms with van der Waals surface area (Å²) >= 11 is 0. The van der Waals surface area contributed by atoms with E-state index in [0.717, 1.165) is 0 Å². The standard InChI is InChI=1S/C8H11P.3H3P/c1-9(2)8-6-4-3-5-7-8;;;/h3-7H,1-2H3;3*1H3. The van der Waals surface area contributed by atoms with Gasteiger partial charge in [0.2, 0.25) is 0 Å². The van der Waals surface area contributed by atoms with Crippen LogP contribution in [0.2, 0.25) is 0 Å². The van der Waals surface area contributed by atoms with Crippen molar-refractivity contribution in [2.75, 3.05) is 13.3 Å². The average Bonchev–Trinajstić information content (AvgIpc) is 1.90. The molecular weight excluding hydrogens is 220 g/mol. The van der Waals surface area contributed by atoms with Crippen LogP contribution in [0.4, 0.5) is 0 Å². The average molecular weight is 240 g/mol. The van der Waals surface area contributed by atoms with E-state index in [2.05, 4.69) is 43.7 Å². The maximum atomic E-state index is 2.27. The first-order chi connectivity index (χ1) is 4.30. The van der Waals surface area contributed by atoms with E-state index in [-0.39, 0.29) is 37.6 Å². The van der Waals surface area contributed by atoms with E-state index in [1.54, 1.807) is 0 Å². The normalized spacial score (nSPS) is 7.58. The van der Waals surface area contributed by atoms with Crippen LogP contribution in [0.25, 0.3) is 0 Å². The van der Waals surface area contributed by atoms with E-state index >= 15 is 0 Å². The van der Waals surface area contributed by atoms with E-state index < -0.39 is 0 Å². The summed E-state index contributed by atoms with van der Waals surface area (Å²) in [5.74, 6) is 0. The second-order valence-electron chi connectivity index (χ2n) is 2.23. The van der Waals surface area contributed by atoms with E-state index in [1.807, 2.05) is 0 Å². The van der Waals surface area contributed by atoms with Gasteiger partial charge in [0.15, 0.2) is 0 Å². The second-order valence-corrected chi connectivity index (χ2v) is 4.54. The van der Waals surface area contributed by atoms with Crippen molar-refractivity contribution in [2.45, 2.75) is 0 Å². The molecule has 0 amide bonds. The molecule has 1 aromatic rings. The molecule has 0 heterocycles. The first kappa shape index (κ1) is 18.7. The van der Waals surface area contributed by atoms with Crippen LogP contribution in [0, 0.1) is 0 Å². The van der Waals surface area contributed by atoms with Crippen molar-refractivity contribution in [1.82, 2.24) is 0 Å². The Morgan fingerprint density at radius 1 is 0.833 bits per heavy atom. The number of hydrogen-bond acceptors (Lipinski definition) is 0. The predicted octanol–water partition coefficient (Wildman–Crippen LogP) is 2.23. The third-order valence-corrected chi connectivity index (χ3v) is 2.60. The number of benzene rings is 1. The first-order valence-corrected chi connectivity index (χ1v) is 5.26. The van der Waals surface area contributed by atoms with Gasteiger partial charge in [0.05, 0.1) is 0 Å². The molecule has 0 aromatic heterocycles. The summed E-state index contributed by atoms with van der Waals surface area (Å²) in [6, 6.07) is 10.6. The molecule has 4 heteroatoms. The maximum Gasteiger partial charge on any atom is -0.0246 e. The fraction of sp³-hybridized carbons (Fsp3) is 0.250. The zero-order chi connectivity index (χ0) is 6.69. The Morgan fingerprint density at radius 2 is 1.25 bits per heavy atom. The molecule has 1 rings (SSSR count). The van der Waals surface area contributed by atoms with Gasteiger partial charge < -0.3 is 0 Å². The van der Waals surface area contributed by atoms with Gasteiger partial charge in [-0.1, -0.05) is 38.3 Å². The van der Waals surface area contributed by atoms with E-state index in [0.29, 0.717) is 0 Å². The monoisotopic (exact) mass is 240 g/mol. The minimum atomic E-state index is 0. The van der Waals surface area contributed by atoms with Gasteiger partial charge >= 0.3 is 0 Å². The summed E-state index contributed by atoms with van der Waals surface area (Å²) < 4.78 is 0. The van der Waals surface area contributed by atoms with Gasteiger partial charge in [-0.25, -0.2) is 0 Å². The Labute approximate surface area is 86.9 Å². The zero-order valence-corrected chi connectivity index (χ0v) is 13.1. The highest BCUT2D eigenvalue weighted by molar-refractivity contribution is 7.64. The summed E-state index contributed by atoms with van der Waals surface area (Å²) in [5, 5.41) is 1.48. The molecule has 0 saturated heterocycles. The Kier molecular flexibility index (Phi) is 15.6. The highest BCUT2D eigenvalue weighted by Gasteiger charge is 1.92. The minimum absolute atomic E-state index is 0. The highest BCUT2D eigenvalue weighted by atomic mass is 31.1. The summed E-state index contributed by atoms with van der Waals surface area (Å²) in [6.07, 6.45) is 0. The Balaban J connectivity index is -0.000000270. The van der Waals surface area contributed by atoms with Crippen molar-refractivity contribution in [2.24, 2.45) is 0 Å². The number of rotatable bonds is 1. The Morgan fingerprint density at radius 3 is 1.50 bits per heavy atom. The van der Waals surface area contributed by atoms with Crippen LogP contribution in [-0.4, -0.2) is 13.3 Å². The largest absolute Gasteiger partial charge is 0.153 e. The van der Waals surface area contributed by atoms with Crippen molar-refractivity contribution < 1.29 is 0 Å². The van der Waals surface area contributed by atoms with Crippen LogP contribution in [0.3, 0.4) is 0 Å². The molecule has 0 fully saturated rings. The molecule has 0 nitrogen and oxygen atoms in total. The Hall–Kier alpha value is 0.940. The first-order valence-electron chi connectivity index (χ1n) is 3.03. The van der Waals surface area contributed by atoms with Gasteiger partial charge in [-0.05, 0) is 18.6 Å². The fourth-order valence-corrected chi connectivity index (χ4v) is 1.49. The van der Waals surface area contributed by atoms with Crippen LogP contribution in [0.5, 0.6) is 0 Å². The van der Waals surface area contributed by atoms with Gasteiger partial charge in [-0.2, -0.15) is 29.7 Å². The molecule has 0 saturated carbocycles. The maximum absolute atomic E-state index is 2.27. The summed E-state index contributed by atoms with van der Waals surface area (Å²) in [5.41, 5.74) is 0. The summed E-state index contributed by atoms with van der Waals surface area (Å²) in [7, 11) is 0.104. The van der Waals surface area contributed by atoms with Crippen LogP contribution in [0.15, 0.2) is 30.3 Å².